The molecule has 0 spiro atoms. The van der Waals surface area contributed by atoms with E-state index < -0.39 is 18.3 Å². The molecular formula is C45H36BN5O2. The van der Waals surface area contributed by atoms with Gasteiger partial charge in [-0.25, -0.2) is 19.9 Å². The highest BCUT2D eigenvalue weighted by Gasteiger charge is 2.51. The highest BCUT2D eigenvalue weighted by atomic mass is 16.7. The first-order valence-corrected chi connectivity index (χ1v) is 17.8. The Morgan fingerprint density at radius 2 is 1.02 bits per heavy atom. The molecule has 0 aliphatic carbocycles. The van der Waals surface area contributed by atoms with Crippen molar-refractivity contribution in [2.75, 3.05) is 0 Å². The van der Waals surface area contributed by atoms with Gasteiger partial charge in [0, 0.05) is 39.2 Å². The minimum atomic E-state index is -0.626. The number of aromatic nitrogens is 5. The highest BCUT2D eigenvalue weighted by Crippen LogP contribution is 2.39. The molecule has 9 rings (SSSR count). The smallest absolute Gasteiger partial charge is 0.399 e. The molecule has 0 unspecified atom stereocenters. The third kappa shape index (κ3) is 6.06. The summed E-state index contributed by atoms with van der Waals surface area (Å²) < 4.78 is 13.3. The molecule has 4 heterocycles. The van der Waals surface area contributed by atoms with Gasteiger partial charge in [-0.05, 0) is 62.5 Å². The van der Waals surface area contributed by atoms with Crippen molar-refractivity contribution in [1.82, 2.24) is 24.9 Å². The van der Waals surface area contributed by atoms with Crippen LogP contribution in [0.5, 0.6) is 0 Å². The van der Waals surface area contributed by atoms with E-state index in [0.717, 1.165) is 66.3 Å². The fourth-order valence-corrected chi connectivity index (χ4v) is 6.81. The van der Waals surface area contributed by atoms with Gasteiger partial charge in [0.15, 0.2) is 17.5 Å². The Hall–Kier alpha value is -6.09. The molecule has 53 heavy (non-hydrogen) atoms. The zero-order valence-electron chi connectivity index (χ0n) is 30.0. The summed E-state index contributed by atoms with van der Waals surface area (Å²) in [5.41, 5.74) is 7.89. The van der Waals surface area contributed by atoms with Crippen LogP contribution in [-0.2, 0) is 9.31 Å². The van der Waals surface area contributed by atoms with Crippen LogP contribution in [0.1, 0.15) is 27.7 Å². The van der Waals surface area contributed by atoms with Gasteiger partial charge in [-0.1, -0.05) is 121 Å². The van der Waals surface area contributed by atoms with Gasteiger partial charge in [-0.3, -0.25) is 4.98 Å². The van der Waals surface area contributed by atoms with Crippen LogP contribution in [0.3, 0.4) is 0 Å². The van der Waals surface area contributed by atoms with Crippen LogP contribution in [-0.4, -0.2) is 43.2 Å². The Bertz CT molecular complexity index is 2560. The minimum Gasteiger partial charge on any atom is -0.399 e. The molecule has 8 aromatic rings. The molecule has 1 saturated heterocycles. The zero-order valence-corrected chi connectivity index (χ0v) is 30.0. The quantitative estimate of drug-likeness (QED) is 0.127. The fraction of sp³-hybridized carbons (Fsp3) is 0.133. The molecule has 0 saturated carbocycles. The first-order chi connectivity index (χ1) is 25.7. The maximum absolute atomic E-state index is 6.63. The molecule has 7 nitrogen and oxygen atoms in total. The van der Waals surface area contributed by atoms with Gasteiger partial charge in [0.05, 0.1) is 27.9 Å². The predicted molar refractivity (Wildman–Crippen MR) is 213 cm³/mol. The molecule has 1 aliphatic rings. The molecule has 0 atom stereocenters. The largest absolute Gasteiger partial charge is 0.494 e. The summed E-state index contributed by atoms with van der Waals surface area (Å²) in [6.45, 7) is 8.27. The van der Waals surface area contributed by atoms with Gasteiger partial charge in [0.2, 0.25) is 0 Å². The minimum absolute atomic E-state index is 0.534. The summed E-state index contributed by atoms with van der Waals surface area (Å²) >= 11 is 0. The topological polar surface area (TPSA) is 82.9 Å². The molecule has 256 valence electrons. The number of pyridine rings is 2. The van der Waals surface area contributed by atoms with Crippen molar-refractivity contribution in [3.8, 4) is 56.5 Å². The van der Waals surface area contributed by atoms with Crippen molar-refractivity contribution >= 4 is 34.4 Å². The Balaban J connectivity index is 1.31. The molecular weight excluding hydrogens is 653 g/mol. The molecule has 0 radical (unpaired) electrons. The summed E-state index contributed by atoms with van der Waals surface area (Å²) in [5.74, 6) is 1.71. The van der Waals surface area contributed by atoms with Crippen LogP contribution in [0.25, 0.3) is 78.4 Å². The maximum atomic E-state index is 6.63. The normalized spacial score (nSPS) is 14.9. The summed E-state index contributed by atoms with van der Waals surface area (Å²) in [4.78, 5) is 25.3. The standard InChI is InChI=1S/C45H36BN5O2/c1-44(2)45(3,4)53-46(52-44)35-26-33(38-28-37(29-15-8-5-9-16-29)36-23-22-30-21-14-24-47-39(30)40(36)48-38)25-34(27-35)43-50-41(31-17-10-6-11-18-31)49-42(51-43)32-19-12-7-13-20-32/h5-28H,1-4H3. The maximum Gasteiger partial charge on any atom is 0.494 e. The third-order valence-corrected chi connectivity index (χ3v) is 10.4. The van der Waals surface area contributed by atoms with Gasteiger partial charge in [0.25, 0.3) is 0 Å². The average molecular weight is 690 g/mol. The van der Waals surface area contributed by atoms with Gasteiger partial charge in [-0.15, -0.1) is 0 Å². The molecule has 0 amide bonds. The van der Waals surface area contributed by atoms with E-state index in [2.05, 4.69) is 94.4 Å². The van der Waals surface area contributed by atoms with E-state index in [1.807, 2.05) is 79.0 Å². The van der Waals surface area contributed by atoms with Crippen LogP contribution < -0.4 is 5.46 Å². The lowest BCUT2D eigenvalue weighted by molar-refractivity contribution is 0.00578. The summed E-state index contributed by atoms with van der Waals surface area (Å²) in [6.07, 6.45) is 1.82. The number of fused-ring (bicyclic) bond motifs is 3. The molecule has 1 fully saturated rings. The predicted octanol–water partition coefficient (Wildman–Crippen LogP) is 9.60. The number of hydrogen-bond donors (Lipinski definition) is 0. The van der Waals surface area contributed by atoms with Crippen LogP contribution in [0, 0.1) is 0 Å². The van der Waals surface area contributed by atoms with Crippen LogP contribution in [0.2, 0.25) is 0 Å². The lowest BCUT2D eigenvalue weighted by Gasteiger charge is -2.32. The highest BCUT2D eigenvalue weighted by molar-refractivity contribution is 6.62. The SMILES string of the molecule is CC1(C)OB(c2cc(-c3cc(-c4ccccc4)c4ccc5cccnc5c4n3)cc(-c3nc(-c4ccccc4)nc(-c4ccccc4)n3)c2)OC1(C)C. The van der Waals surface area contributed by atoms with Crippen LogP contribution in [0.4, 0.5) is 0 Å². The molecule has 1 aliphatic heterocycles. The molecule has 0 bridgehead atoms. The number of nitrogens with zero attached hydrogens (tertiary/aromatic N) is 5. The van der Waals surface area contributed by atoms with Gasteiger partial charge in [-0.2, -0.15) is 0 Å². The van der Waals surface area contributed by atoms with Crippen molar-refractivity contribution in [3.05, 3.63) is 146 Å². The van der Waals surface area contributed by atoms with E-state index in [1.54, 1.807) is 0 Å². The first-order valence-electron chi connectivity index (χ1n) is 17.8. The second-order valence-corrected chi connectivity index (χ2v) is 14.4. The van der Waals surface area contributed by atoms with E-state index in [0.29, 0.717) is 17.5 Å². The Morgan fingerprint density at radius 1 is 0.472 bits per heavy atom. The van der Waals surface area contributed by atoms with Gasteiger partial charge >= 0.3 is 7.12 Å². The average Bonchev–Trinajstić information content (AvgIpc) is 3.43. The first kappa shape index (κ1) is 32.8. The Labute approximate surface area is 308 Å². The van der Waals surface area contributed by atoms with Crippen molar-refractivity contribution in [2.45, 2.75) is 38.9 Å². The Kier molecular flexibility index (Phi) is 7.95. The molecule has 8 heteroatoms. The van der Waals surface area contributed by atoms with Crippen LogP contribution >= 0.6 is 0 Å². The van der Waals surface area contributed by atoms with E-state index >= 15 is 0 Å². The van der Waals surface area contributed by atoms with E-state index in [9.17, 15) is 0 Å². The van der Waals surface area contributed by atoms with E-state index in [1.165, 1.54) is 0 Å². The van der Waals surface area contributed by atoms with E-state index in [-0.39, 0.29) is 0 Å². The molecule has 5 aromatic carbocycles. The summed E-state index contributed by atoms with van der Waals surface area (Å²) in [7, 11) is -0.626. The number of hydrogen-bond acceptors (Lipinski definition) is 7. The lowest BCUT2D eigenvalue weighted by Crippen LogP contribution is -2.41. The van der Waals surface area contributed by atoms with E-state index in [4.69, 9.17) is 34.2 Å². The van der Waals surface area contributed by atoms with Crippen molar-refractivity contribution in [2.24, 2.45) is 0 Å². The second-order valence-electron chi connectivity index (χ2n) is 14.4. The molecule has 3 aromatic heterocycles. The number of benzene rings is 5. The summed E-state index contributed by atoms with van der Waals surface area (Å²) in [5, 5.41) is 2.06. The molecule has 0 N–H and O–H groups in total. The summed E-state index contributed by atoms with van der Waals surface area (Å²) in [6, 6.07) is 47.2. The monoisotopic (exact) mass is 689 g/mol. The fourth-order valence-electron chi connectivity index (χ4n) is 6.81. The Morgan fingerprint density at radius 3 is 1.62 bits per heavy atom. The second kappa shape index (κ2) is 12.8. The zero-order chi connectivity index (χ0) is 36.2. The van der Waals surface area contributed by atoms with Crippen molar-refractivity contribution < 1.29 is 9.31 Å². The van der Waals surface area contributed by atoms with Gasteiger partial charge < -0.3 is 9.31 Å². The van der Waals surface area contributed by atoms with Gasteiger partial charge in [0.1, 0.15) is 0 Å². The van der Waals surface area contributed by atoms with Crippen molar-refractivity contribution in [1.29, 1.82) is 0 Å². The van der Waals surface area contributed by atoms with Crippen molar-refractivity contribution in [3.63, 3.8) is 0 Å². The van der Waals surface area contributed by atoms with Crippen LogP contribution in [0.15, 0.2) is 146 Å². The lowest BCUT2D eigenvalue weighted by atomic mass is 9.77. The third-order valence-electron chi connectivity index (χ3n) is 10.4. The number of rotatable bonds is 6.